The van der Waals surface area contributed by atoms with Gasteiger partial charge in [0.1, 0.15) is 0 Å². The zero-order valence-corrected chi connectivity index (χ0v) is 7.56. The number of carboxylic acid groups (broad SMARTS) is 1. The first kappa shape index (κ1) is 11.1. The summed E-state index contributed by atoms with van der Waals surface area (Å²) in [5, 5.41) is 8.37. The Morgan fingerprint density at radius 1 is 1.25 bits per heavy atom. The van der Waals surface area contributed by atoms with E-state index in [1.165, 1.54) is 0 Å². The fourth-order valence-corrected chi connectivity index (χ4v) is 1.10. The van der Waals surface area contributed by atoms with Crippen molar-refractivity contribution >= 4 is 5.97 Å². The third-order valence-corrected chi connectivity index (χ3v) is 1.60. The smallest absolute Gasteiger partial charge is 0.364 e. The summed E-state index contributed by atoms with van der Waals surface area (Å²) in [5.74, 6) is -2.40. The number of hydrogen-bond donors (Lipinski definition) is 1. The molecule has 0 bridgehead atoms. The molecule has 70 valence electrons. The third kappa shape index (κ3) is 3.51. The normalized spacial score (nSPS) is 9.58. The molecule has 0 aromatic rings. The zero-order valence-electron chi connectivity index (χ0n) is 7.56. The van der Waals surface area contributed by atoms with E-state index in [4.69, 9.17) is 5.11 Å². The molecule has 12 heavy (non-hydrogen) atoms. The molecule has 0 atom stereocenters. The maximum Gasteiger partial charge on any atom is 0.364 e. The largest absolute Gasteiger partial charge is 0.476 e. The van der Waals surface area contributed by atoms with E-state index in [1.807, 2.05) is 13.8 Å². The molecule has 0 aromatic heterocycles. The minimum absolute atomic E-state index is 0.438. The highest BCUT2D eigenvalue weighted by Crippen LogP contribution is 2.18. The van der Waals surface area contributed by atoms with E-state index in [9.17, 15) is 9.18 Å². The number of carbonyl (C=O) groups is 1. The van der Waals surface area contributed by atoms with Crippen molar-refractivity contribution in [3.8, 4) is 0 Å². The first-order chi connectivity index (χ1) is 5.63. The first-order valence-corrected chi connectivity index (χ1v) is 4.24. The van der Waals surface area contributed by atoms with Crippen molar-refractivity contribution in [1.82, 2.24) is 0 Å². The minimum atomic E-state index is -1.44. The van der Waals surface area contributed by atoms with Gasteiger partial charge < -0.3 is 5.11 Å². The molecule has 0 unspecified atom stereocenters. The molecule has 0 aliphatic carbocycles. The Kier molecular flexibility index (Phi) is 5.34. The van der Waals surface area contributed by atoms with Gasteiger partial charge in [0.2, 0.25) is 5.83 Å². The van der Waals surface area contributed by atoms with E-state index in [0.29, 0.717) is 18.4 Å². The molecule has 0 radical (unpaired) electrons. The van der Waals surface area contributed by atoms with Crippen LogP contribution in [0.5, 0.6) is 0 Å². The Bertz CT molecular complexity index is 177. The van der Waals surface area contributed by atoms with Gasteiger partial charge in [0.05, 0.1) is 0 Å². The third-order valence-electron chi connectivity index (χ3n) is 1.60. The van der Waals surface area contributed by atoms with E-state index < -0.39 is 11.8 Å². The summed E-state index contributed by atoms with van der Waals surface area (Å²) < 4.78 is 12.8. The van der Waals surface area contributed by atoms with Crippen LogP contribution in [0.4, 0.5) is 4.39 Å². The molecule has 0 heterocycles. The van der Waals surface area contributed by atoms with Crippen molar-refractivity contribution in [2.75, 3.05) is 0 Å². The maximum atomic E-state index is 12.8. The molecule has 0 spiro atoms. The lowest BCUT2D eigenvalue weighted by Gasteiger charge is -2.03. The van der Waals surface area contributed by atoms with Crippen LogP contribution >= 0.6 is 0 Å². The van der Waals surface area contributed by atoms with Crippen LogP contribution in [0.1, 0.15) is 39.5 Å². The number of halogens is 1. The lowest BCUT2D eigenvalue weighted by Crippen LogP contribution is -2.00. The topological polar surface area (TPSA) is 37.3 Å². The van der Waals surface area contributed by atoms with Gasteiger partial charge in [-0.1, -0.05) is 26.7 Å². The minimum Gasteiger partial charge on any atom is -0.476 e. The number of rotatable bonds is 5. The van der Waals surface area contributed by atoms with Gasteiger partial charge >= 0.3 is 5.97 Å². The van der Waals surface area contributed by atoms with Gasteiger partial charge in [-0.05, 0) is 18.4 Å². The predicted molar refractivity (Wildman–Crippen MR) is 45.6 cm³/mol. The molecule has 0 amide bonds. The van der Waals surface area contributed by atoms with E-state index in [-0.39, 0.29) is 0 Å². The van der Waals surface area contributed by atoms with Crippen LogP contribution < -0.4 is 0 Å². The summed E-state index contributed by atoms with van der Waals surface area (Å²) in [6.45, 7) is 3.82. The second kappa shape index (κ2) is 5.75. The van der Waals surface area contributed by atoms with E-state index in [2.05, 4.69) is 0 Å². The quantitative estimate of drug-likeness (QED) is 0.650. The molecule has 0 aliphatic rings. The second-order valence-corrected chi connectivity index (χ2v) is 2.72. The van der Waals surface area contributed by atoms with Crippen LogP contribution in [0.25, 0.3) is 0 Å². The van der Waals surface area contributed by atoms with Gasteiger partial charge in [-0.25, -0.2) is 4.79 Å². The van der Waals surface area contributed by atoms with Gasteiger partial charge in [-0.15, -0.1) is 0 Å². The molecule has 0 fully saturated rings. The molecule has 0 saturated heterocycles. The molecule has 1 N–H and O–H groups in total. The summed E-state index contributed by atoms with van der Waals surface area (Å²) in [5.41, 5.74) is 0.438. The van der Waals surface area contributed by atoms with Crippen LogP contribution in [0, 0.1) is 0 Å². The fourth-order valence-electron chi connectivity index (χ4n) is 1.10. The highest BCUT2D eigenvalue weighted by atomic mass is 19.1. The van der Waals surface area contributed by atoms with Gasteiger partial charge in [0.15, 0.2) is 0 Å². The van der Waals surface area contributed by atoms with Crippen LogP contribution in [-0.4, -0.2) is 11.1 Å². The molecule has 3 heteroatoms. The average Bonchev–Trinajstić information content (AvgIpc) is 2.03. The number of carboxylic acids is 1. The van der Waals surface area contributed by atoms with Crippen LogP contribution in [0.15, 0.2) is 11.4 Å². The molecule has 0 saturated carbocycles. The van der Waals surface area contributed by atoms with Crippen LogP contribution in [0.3, 0.4) is 0 Å². The van der Waals surface area contributed by atoms with Crippen molar-refractivity contribution in [2.24, 2.45) is 0 Å². The van der Waals surface area contributed by atoms with Crippen LogP contribution in [0.2, 0.25) is 0 Å². The highest BCUT2D eigenvalue weighted by Gasteiger charge is 2.11. The monoisotopic (exact) mass is 174 g/mol. The SMILES string of the molecule is CCCC(CCC)=C(F)C(=O)O. The Morgan fingerprint density at radius 2 is 1.67 bits per heavy atom. The fraction of sp³-hybridized carbons (Fsp3) is 0.667. The predicted octanol–water partition coefficient (Wildman–Crippen LogP) is 2.89. The standard InChI is InChI=1S/C9H15FO2/c1-3-5-7(6-4-2)8(10)9(11)12/h3-6H2,1-2H3,(H,11,12). The first-order valence-electron chi connectivity index (χ1n) is 4.24. The highest BCUT2D eigenvalue weighted by molar-refractivity contribution is 5.84. The summed E-state index contributed by atoms with van der Waals surface area (Å²) in [6, 6.07) is 0. The van der Waals surface area contributed by atoms with Crippen molar-refractivity contribution in [3.05, 3.63) is 11.4 Å². The van der Waals surface area contributed by atoms with Gasteiger partial charge in [0, 0.05) is 0 Å². The lowest BCUT2D eigenvalue weighted by atomic mass is 10.0. The summed E-state index contributed by atoms with van der Waals surface area (Å²) in [6.07, 6.45) is 2.67. The number of aliphatic carboxylic acids is 1. The zero-order chi connectivity index (χ0) is 9.56. The van der Waals surface area contributed by atoms with E-state index >= 15 is 0 Å². The van der Waals surface area contributed by atoms with Gasteiger partial charge in [-0.2, -0.15) is 4.39 Å². The van der Waals surface area contributed by atoms with Crippen molar-refractivity contribution in [3.63, 3.8) is 0 Å². The van der Waals surface area contributed by atoms with E-state index in [1.54, 1.807) is 0 Å². The molecule has 0 rings (SSSR count). The van der Waals surface area contributed by atoms with Crippen molar-refractivity contribution in [2.45, 2.75) is 39.5 Å². The van der Waals surface area contributed by atoms with Gasteiger partial charge in [-0.3, -0.25) is 0 Å². The molecule has 0 aliphatic heterocycles. The Hall–Kier alpha value is -0.860. The maximum absolute atomic E-state index is 12.8. The summed E-state index contributed by atoms with van der Waals surface area (Å²) in [7, 11) is 0. The Balaban J connectivity index is 4.43. The molecule has 0 aromatic carbocycles. The van der Waals surface area contributed by atoms with Crippen LogP contribution in [-0.2, 0) is 4.79 Å². The molecule has 2 nitrogen and oxygen atoms in total. The Morgan fingerprint density at radius 3 is 1.92 bits per heavy atom. The number of hydrogen-bond acceptors (Lipinski definition) is 1. The number of allylic oxidation sites excluding steroid dienone is 1. The second-order valence-electron chi connectivity index (χ2n) is 2.72. The Labute approximate surface area is 72.1 Å². The van der Waals surface area contributed by atoms with E-state index in [0.717, 1.165) is 12.8 Å². The molecular formula is C9H15FO2. The molecular weight excluding hydrogens is 159 g/mol. The van der Waals surface area contributed by atoms with Gasteiger partial charge in [0.25, 0.3) is 0 Å². The van der Waals surface area contributed by atoms with Crippen molar-refractivity contribution < 1.29 is 14.3 Å². The summed E-state index contributed by atoms with van der Waals surface area (Å²) in [4.78, 5) is 10.3. The van der Waals surface area contributed by atoms with Crippen molar-refractivity contribution in [1.29, 1.82) is 0 Å². The average molecular weight is 174 g/mol. The lowest BCUT2D eigenvalue weighted by molar-refractivity contribution is -0.134. The summed E-state index contributed by atoms with van der Waals surface area (Å²) >= 11 is 0.